The van der Waals surface area contributed by atoms with Gasteiger partial charge in [0.2, 0.25) is 11.8 Å². The first-order valence-electron chi connectivity index (χ1n) is 11.1. The zero-order valence-electron chi connectivity index (χ0n) is 18.3. The molecular formula is C27H28N2O2S. The molecule has 0 fully saturated rings. The van der Waals surface area contributed by atoms with Crippen molar-refractivity contribution in [3.8, 4) is 0 Å². The van der Waals surface area contributed by atoms with E-state index >= 15 is 0 Å². The van der Waals surface area contributed by atoms with Crippen LogP contribution in [0.4, 0.5) is 11.4 Å². The molecule has 4 rings (SSSR count). The van der Waals surface area contributed by atoms with E-state index in [1.807, 2.05) is 54.6 Å². The van der Waals surface area contributed by atoms with Crippen molar-refractivity contribution < 1.29 is 9.59 Å². The summed E-state index contributed by atoms with van der Waals surface area (Å²) in [5, 5.41) is 2.97. The molecule has 2 amide bonds. The van der Waals surface area contributed by atoms with E-state index in [4.69, 9.17) is 0 Å². The number of unbranched alkanes of at least 4 members (excludes halogenated alkanes) is 1. The van der Waals surface area contributed by atoms with E-state index in [1.54, 1.807) is 16.7 Å². The minimum absolute atomic E-state index is 0.00446. The Morgan fingerprint density at radius 1 is 1.00 bits per heavy atom. The molecule has 1 heterocycles. The predicted octanol–water partition coefficient (Wildman–Crippen LogP) is 6.24. The Kier molecular flexibility index (Phi) is 7.28. The number of amides is 2. The van der Waals surface area contributed by atoms with Crippen LogP contribution in [0.15, 0.2) is 83.8 Å². The molecule has 32 heavy (non-hydrogen) atoms. The van der Waals surface area contributed by atoms with Gasteiger partial charge in [-0.1, -0.05) is 67.9 Å². The van der Waals surface area contributed by atoms with E-state index in [-0.39, 0.29) is 23.6 Å². The summed E-state index contributed by atoms with van der Waals surface area (Å²) >= 11 is 1.68. The summed E-state index contributed by atoms with van der Waals surface area (Å²) in [5.41, 5.74) is 3.94. The van der Waals surface area contributed by atoms with Gasteiger partial charge in [0.1, 0.15) is 6.54 Å². The number of aryl methyl sites for hydroxylation is 1. The highest BCUT2D eigenvalue weighted by Crippen LogP contribution is 2.45. The van der Waals surface area contributed by atoms with Gasteiger partial charge in [-0.2, -0.15) is 0 Å². The van der Waals surface area contributed by atoms with Gasteiger partial charge >= 0.3 is 0 Å². The van der Waals surface area contributed by atoms with Crippen LogP contribution >= 0.6 is 11.8 Å². The Balaban J connectivity index is 1.49. The van der Waals surface area contributed by atoms with Gasteiger partial charge in [0, 0.05) is 22.3 Å². The third-order valence-electron chi connectivity index (χ3n) is 5.62. The van der Waals surface area contributed by atoms with Crippen LogP contribution in [-0.4, -0.2) is 18.4 Å². The van der Waals surface area contributed by atoms with Crippen molar-refractivity contribution in [3.63, 3.8) is 0 Å². The van der Waals surface area contributed by atoms with E-state index in [9.17, 15) is 9.59 Å². The van der Waals surface area contributed by atoms with E-state index < -0.39 is 0 Å². The molecule has 1 N–H and O–H groups in total. The molecule has 3 aromatic rings. The first-order valence-corrected chi connectivity index (χ1v) is 12.0. The first kappa shape index (κ1) is 22.2. The number of nitrogens with one attached hydrogen (secondary N) is 1. The fourth-order valence-corrected chi connectivity index (χ4v) is 5.17. The molecule has 0 bridgehead atoms. The minimum Gasteiger partial charge on any atom is -0.325 e. The first-order chi connectivity index (χ1) is 15.6. The normalized spacial score (nSPS) is 15.7. The van der Waals surface area contributed by atoms with Crippen molar-refractivity contribution in [3.05, 3.63) is 90.0 Å². The van der Waals surface area contributed by atoms with Crippen LogP contribution in [0.3, 0.4) is 0 Å². The minimum atomic E-state index is -0.197. The van der Waals surface area contributed by atoms with Crippen molar-refractivity contribution in [2.24, 2.45) is 0 Å². The van der Waals surface area contributed by atoms with Gasteiger partial charge in [-0.25, -0.2) is 0 Å². The number of para-hydroxylation sites is 1. The maximum absolute atomic E-state index is 13.2. The number of thioether (sulfide) groups is 1. The molecular weight excluding hydrogens is 416 g/mol. The third kappa shape index (κ3) is 5.40. The molecule has 0 saturated heterocycles. The topological polar surface area (TPSA) is 49.4 Å². The molecule has 1 aliphatic heterocycles. The number of carbonyl (C=O) groups excluding carboxylic acids is 2. The molecule has 5 heteroatoms. The fraction of sp³-hybridized carbons (Fsp3) is 0.259. The second-order valence-corrected chi connectivity index (χ2v) is 9.26. The lowest BCUT2D eigenvalue weighted by Crippen LogP contribution is -2.38. The summed E-state index contributed by atoms with van der Waals surface area (Å²) in [6.45, 7) is 2.17. The molecule has 1 atom stereocenters. The van der Waals surface area contributed by atoms with Crippen LogP contribution in [-0.2, 0) is 16.0 Å². The van der Waals surface area contributed by atoms with Crippen LogP contribution in [0.1, 0.15) is 42.6 Å². The second kappa shape index (κ2) is 10.5. The molecule has 0 unspecified atom stereocenters. The largest absolute Gasteiger partial charge is 0.325 e. The van der Waals surface area contributed by atoms with Crippen LogP contribution < -0.4 is 10.2 Å². The van der Waals surface area contributed by atoms with E-state index in [0.29, 0.717) is 6.42 Å². The fourth-order valence-electron chi connectivity index (χ4n) is 3.88. The van der Waals surface area contributed by atoms with Gasteiger partial charge in [-0.3, -0.25) is 9.59 Å². The number of anilines is 2. The van der Waals surface area contributed by atoms with Gasteiger partial charge in [0.05, 0.1) is 5.69 Å². The summed E-state index contributed by atoms with van der Waals surface area (Å²) in [4.78, 5) is 28.7. The van der Waals surface area contributed by atoms with E-state index in [2.05, 4.69) is 36.5 Å². The monoisotopic (exact) mass is 444 g/mol. The van der Waals surface area contributed by atoms with Gasteiger partial charge in [-0.15, -0.1) is 11.8 Å². The Morgan fingerprint density at radius 3 is 2.47 bits per heavy atom. The lowest BCUT2D eigenvalue weighted by molar-refractivity contribution is -0.121. The lowest BCUT2D eigenvalue weighted by atomic mass is 10.1. The number of hydrogen-bond acceptors (Lipinski definition) is 3. The molecule has 0 radical (unpaired) electrons. The van der Waals surface area contributed by atoms with Crippen molar-refractivity contribution in [1.82, 2.24) is 0 Å². The van der Waals surface area contributed by atoms with Gasteiger partial charge in [-0.05, 0) is 48.2 Å². The van der Waals surface area contributed by atoms with Gasteiger partial charge in [0.15, 0.2) is 0 Å². The Bertz CT molecular complexity index is 1070. The number of nitrogens with zero attached hydrogens (tertiary/aromatic N) is 1. The average Bonchev–Trinajstić information content (AvgIpc) is 2.96. The van der Waals surface area contributed by atoms with Crippen LogP contribution in [0.5, 0.6) is 0 Å². The molecule has 0 spiro atoms. The van der Waals surface area contributed by atoms with Crippen molar-refractivity contribution in [2.45, 2.75) is 42.8 Å². The summed E-state index contributed by atoms with van der Waals surface area (Å²) < 4.78 is 0. The maximum atomic E-state index is 13.2. The van der Waals surface area contributed by atoms with E-state index in [0.717, 1.165) is 41.1 Å². The maximum Gasteiger partial charge on any atom is 0.244 e. The summed E-state index contributed by atoms with van der Waals surface area (Å²) in [7, 11) is 0. The van der Waals surface area contributed by atoms with Crippen LogP contribution in [0, 0.1) is 0 Å². The Hall–Kier alpha value is -3.05. The highest BCUT2D eigenvalue weighted by atomic mass is 32.2. The summed E-state index contributed by atoms with van der Waals surface area (Å²) in [6.07, 6.45) is 3.71. The van der Waals surface area contributed by atoms with Crippen LogP contribution in [0.25, 0.3) is 0 Å². The highest BCUT2D eigenvalue weighted by molar-refractivity contribution is 7.99. The quantitative estimate of drug-likeness (QED) is 0.469. The van der Waals surface area contributed by atoms with E-state index in [1.165, 1.54) is 5.56 Å². The molecule has 0 aromatic heterocycles. The zero-order chi connectivity index (χ0) is 22.3. The number of carbonyl (C=O) groups is 2. The smallest absolute Gasteiger partial charge is 0.244 e. The molecule has 0 saturated carbocycles. The van der Waals surface area contributed by atoms with Crippen LogP contribution in [0.2, 0.25) is 0 Å². The second-order valence-electron chi connectivity index (χ2n) is 8.02. The number of rotatable bonds is 7. The van der Waals surface area contributed by atoms with Gasteiger partial charge in [0.25, 0.3) is 0 Å². The number of fused-ring (bicyclic) bond motifs is 1. The molecule has 4 nitrogen and oxygen atoms in total. The molecule has 0 aliphatic carbocycles. The molecule has 164 valence electrons. The summed E-state index contributed by atoms with van der Waals surface area (Å²) in [5.74, 6) is -0.237. The van der Waals surface area contributed by atoms with Crippen molar-refractivity contribution >= 4 is 35.0 Å². The van der Waals surface area contributed by atoms with Crippen molar-refractivity contribution in [2.75, 3.05) is 16.8 Å². The molecule has 3 aromatic carbocycles. The zero-order valence-corrected chi connectivity index (χ0v) is 19.1. The molecule has 1 aliphatic rings. The summed E-state index contributed by atoms with van der Waals surface area (Å²) in [6, 6.07) is 25.9. The lowest BCUT2D eigenvalue weighted by Gasteiger charge is -2.22. The van der Waals surface area contributed by atoms with Gasteiger partial charge < -0.3 is 10.2 Å². The average molecular weight is 445 g/mol. The number of benzene rings is 3. The Morgan fingerprint density at radius 2 is 1.72 bits per heavy atom. The SMILES string of the molecule is CCCCc1ccc(NC(=O)CN2C(=O)C[C@H](c3ccccc3)Sc3ccccc32)cc1. The highest BCUT2D eigenvalue weighted by Gasteiger charge is 2.30. The van der Waals surface area contributed by atoms with Crippen molar-refractivity contribution in [1.29, 1.82) is 0 Å². The third-order valence-corrected chi connectivity index (χ3v) is 6.94. The predicted molar refractivity (Wildman–Crippen MR) is 132 cm³/mol. The number of hydrogen-bond donors (Lipinski definition) is 1. The standard InChI is InChI=1S/C27H28N2O2S/c1-2-3-9-20-14-16-22(17-15-20)28-26(30)19-29-23-12-7-8-13-24(23)32-25(18-27(29)31)21-10-5-4-6-11-21/h4-8,10-17,25H,2-3,9,18-19H2,1H3,(H,28,30)/t25-/m1/s1. The Labute approximate surface area is 194 Å².